The largest absolute Gasteiger partial charge is 0.494 e. The zero-order valence-corrected chi connectivity index (χ0v) is 18.1. The number of amides is 1. The molecule has 156 valence electrons. The molecule has 0 unspecified atom stereocenters. The Labute approximate surface area is 182 Å². The molecule has 2 aromatic carbocycles. The van der Waals surface area contributed by atoms with E-state index in [0.717, 1.165) is 22.9 Å². The molecule has 0 saturated carbocycles. The van der Waals surface area contributed by atoms with E-state index >= 15 is 0 Å². The van der Waals surface area contributed by atoms with E-state index in [4.69, 9.17) is 4.74 Å². The number of rotatable bonds is 4. The van der Waals surface area contributed by atoms with Crippen molar-refractivity contribution in [3.05, 3.63) is 68.2 Å². The molecular weight excluding hydrogens is 450 g/mol. The Kier molecular flexibility index (Phi) is 4.59. The number of carbonyl (C=O) groups is 1. The zero-order chi connectivity index (χ0) is 21.0. The number of fused-ring (bicyclic) bond motifs is 4. The summed E-state index contributed by atoms with van der Waals surface area (Å²) in [6, 6.07) is 11.8. The lowest BCUT2D eigenvalue weighted by Crippen LogP contribution is -2.55. The lowest BCUT2D eigenvalue weighted by atomic mass is 9.77. The molecule has 7 nitrogen and oxygen atoms in total. The van der Waals surface area contributed by atoms with Crippen LogP contribution >= 0.6 is 15.9 Å². The Morgan fingerprint density at radius 3 is 2.90 bits per heavy atom. The van der Waals surface area contributed by atoms with Gasteiger partial charge in [0, 0.05) is 38.8 Å². The number of nitro groups is 1. The molecule has 2 aromatic rings. The average Bonchev–Trinajstić information content (AvgIpc) is 3.37. The minimum absolute atomic E-state index is 0.106. The van der Waals surface area contributed by atoms with Crippen molar-refractivity contribution < 1.29 is 14.5 Å². The zero-order valence-electron chi connectivity index (χ0n) is 16.5. The van der Waals surface area contributed by atoms with Gasteiger partial charge in [0.25, 0.3) is 11.9 Å². The minimum Gasteiger partial charge on any atom is -0.494 e. The summed E-state index contributed by atoms with van der Waals surface area (Å²) in [6.45, 7) is 3.02. The highest BCUT2D eigenvalue weighted by Crippen LogP contribution is 2.59. The molecular formula is C22H22BrN3O4. The second-order valence-electron chi connectivity index (χ2n) is 8.04. The number of para-hydroxylation sites is 1. The summed E-state index contributed by atoms with van der Waals surface area (Å²) in [5.41, 5.74) is 0.857. The van der Waals surface area contributed by atoms with E-state index in [2.05, 4.69) is 26.1 Å². The first-order valence-corrected chi connectivity index (χ1v) is 11.0. The molecule has 3 aliphatic rings. The number of carbonyl (C=O) groups excluding carboxylic acids is 1. The fourth-order valence-corrected chi connectivity index (χ4v) is 6.19. The van der Waals surface area contributed by atoms with Crippen molar-refractivity contribution in [2.75, 3.05) is 18.5 Å². The van der Waals surface area contributed by atoms with Crippen LogP contribution in [0.5, 0.6) is 5.75 Å². The maximum Gasteiger partial charge on any atom is 0.256 e. The molecule has 1 amide bonds. The molecule has 0 aliphatic carbocycles. The molecule has 3 aliphatic heterocycles. The fraction of sp³-hybridized carbons (Fsp3) is 0.409. The van der Waals surface area contributed by atoms with Crippen LogP contribution in [0.25, 0.3) is 0 Å². The van der Waals surface area contributed by atoms with E-state index in [1.54, 1.807) is 0 Å². The van der Waals surface area contributed by atoms with Gasteiger partial charge in [0.05, 0.1) is 12.5 Å². The summed E-state index contributed by atoms with van der Waals surface area (Å²) in [4.78, 5) is 27.9. The molecule has 0 aromatic heterocycles. The monoisotopic (exact) mass is 471 g/mol. The highest BCUT2D eigenvalue weighted by molar-refractivity contribution is 9.10. The molecule has 4 atom stereocenters. The first kappa shape index (κ1) is 19.5. The van der Waals surface area contributed by atoms with Crippen molar-refractivity contribution >= 4 is 27.5 Å². The molecule has 2 fully saturated rings. The topological polar surface area (TPSA) is 84.7 Å². The van der Waals surface area contributed by atoms with Gasteiger partial charge in [0.15, 0.2) is 5.54 Å². The number of hydrogen-bond donors (Lipinski definition) is 1. The van der Waals surface area contributed by atoms with Gasteiger partial charge in [-0.15, -0.1) is 0 Å². The summed E-state index contributed by atoms with van der Waals surface area (Å²) in [6.07, 6.45) is 1.71. The number of nitrogens with one attached hydrogen (secondary N) is 1. The Bertz CT molecular complexity index is 1040. The lowest BCUT2D eigenvalue weighted by molar-refractivity contribution is -0.534. The van der Waals surface area contributed by atoms with Crippen molar-refractivity contribution in [1.82, 2.24) is 4.90 Å². The van der Waals surface area contributed by atoms with Crippen LogP contribution in [0.4, 0.5) is 5.69 Å². The number of ether oxygens (including phenoxy) is 1. The second kappa shape index (κ2) is 7.06. The number of halogens is 1. The summed E-state index contributed by atoms with van der Waals surface area (Å²) in [7, 11) is 0. The normalized spacial score (nSPS) is 29.7. The molecule has 3 heterocycles. The first-order chi connectivity index (χ1) is 14.5. The van der Waals surface area contributed by atoms with Gasteiger partial charge in [0.2, 0.25) is 0 Å². The van der Waals surface area contributed by atoms with Gasteiger partial charge in [-0.1, -0.05) is 34.1 Å². The Balaban J connectivity index is 1.77. The van der Waals surface area contributed by atoms with E-state index in [1.807, 2.05) is 49.4 Å². The number of anilines is 1. The predicted molar refractivity (Wildman–Crippen MR) is 115 cm³/mol. The third-order valence-electron chi connectivity index (χ3n) is 6.72. The van der Waals surface area contributed by atoms with E-state index < -0.39 is 17.5 Å². The predicted octanol–water partition coefficient (Wildman–Crippen LogP) is 3.90. The fourth-order valence-electron chi connectivity index (χ4n) is 5.81. The molecule has 30 heavy (non-hydrogen) atoms. The maximum absolute atomic E-state index is 13.5. The maximum atomic E-state index is 13.5. The third-order valence-corrected chi connectivity index (χ3v) is 7.22. The van der Waals surface area contributed by atoms with Crippen LogP contribution in [0.15, 0.2) is 46.9 Å². The Hall–Kier alpha value is -2.45. The molecule has 0 radical (unpaired) electrons. The minimum atomic E-state index is -1.31. The number of hydrogen-bond acceptors (Lipinski definition) is 5. The molecule has 1 N–H and O–H groups in total. The van der Waals surface area contributed by atoms with Crippen molar-refractivity contribution in [2.45, 2.75) is 43.3 Å². The van der Waals surface area contributed by atoms with Gasteiger partial charge in [-0.25, -0.2) is 0 Å². The van der Waals surface area contributed by atoms with Gasteiger partial charge >= 0.3 is 0 Å². The molecule has 0 bridgehead atoms. The van der Waals surface area contributed by atoms with Crippen LogP contribution in [0.3, 0.4) is 0 Å². The van der Waals surface area contributed by atoms with Crippen LogP contribution in [0.1, 0.15) is 36.8 Å². The molecule has 8 heteroatoms. The van der Waals surface area contributed by atoms with E-state index in [0.29, 0.717) is 30.2 Å². The molecule has 1 spiro atoms. The van der Waals surface area contributed by atoms with Gasteiger partial charge in [-0.2, -0.15) is 0 Å². The summed E-state index contributed by atoms with van der Waals surface area (Å²) >= 11 is 3.52. The van der Waals surface area contributed by atoms with Crippen LogP contribution in [0.2, 0.25) is 0 Å². The van der Waals surface area contributed by atoms with Crippen molar-refractivity contribution in [1.29, 1.82) is 0 Å². The lowest BCUT2D eigenvalue weighted by Gasteiger charge is -2.32. The Morgan fingerprint density at radius 1 is 1.33 bits per heavy atom. The second-order valence-corrected chi connectivity index (χ2v) is 8.96. The molecule has 2 saturated heterocycles. The van der Waals surface area contributed by atoms with Crippen molar-refractivity contribution in [3.8, 4) is 5.75 Å². The summed E-state index contributed by atoms with van der Waals surface area (Å²) in [5, 5.41) is 15.6. The smallest absolute Gasteiger partial charge is 0.256 e. The van der Waals surface area contributed by atoms with E-state index in [1.165, 1.54) is 0 Å². The van der Waals surface area contributed by atoms with Crippen LogP contribution in [0, 0.1) is 10.1 Å². The summed E-state index contributed by atoms with van der Waals surface area (Å²) < 4.78 is 6.70. The van der Waals surface area contributed by atoms with Crippen LogP contribution in [-0.2, 0) is 10.3 Å². The van der Waals surface area contributed by atoms with E-state index in [-0.39, 0.29) is 16.9 Å². The summed E-state index contributed by atoms with van der Waals surface area (Å²) in [5.74, 6) is -0.112. The average molecular weight is 472 g/mol. The first-order valence-electron chi connectivity index (χ1n) is 10.2. The van der Waals surface area contributed by atoms with Crippen molar-refractivity contribution in [3.63, 3.8) is 0 Å². The highest BCUT2D eigenvalue weighted by atomic mass is 79.9. The van der Waals surface area contributed by atoms with Gasteiger partial charge in [-0.3, -0.25) is 19.8 Å². The number of nitrogens with zero attached hydrogens (tertiary/aromatic N) is 2. The van der Waals surface area contributed by atoms with E-state index in [9.17, 15) is 14.9 Å². The van der Waals surface area contributed by atoms with Gasteiger partial charge in [0.1, 0.15) is 5.75 Å². The molecule has 5 rings (SSSR count). The number of benzene rings is 2. The van der Waals surface area contributed by atoms with Gasteiger partial charge < -0.3 is 10.1 Å². The standard InChI is InChI=1S/C22H22BrN3O4/c1-2-30-18-10-9-13(23)12-14(18)19-17-8-5-11-25(17)22(20(19)26(28)29)15-6-3-4-7-16(15)24-21(22)27/h3-4,6-7,9-10,12,17,19-20H,2,5,8,11H2,1H3,(H,24,27)/t17-,19+,20+,22-/m0/s1. The quantitative estimate of drug-likeness (QED) is 0.539. The SMILES string of the molecule is CCOc1ccc(Br)cc1[C@@H]1[C@@H]2CCCN2[C@]2(C(=O)Nc3ccccc32)[C@@H]1[N+](=O)[O-]. The third kappa shape index (κ3) is 2.50. The van der Waals surface area contributed by atoms with Crippen molar-refractivity contribution in [2.24, 2.45) is 0 Å². The highest BCUT2D eigenvalue weighted by Gasteiger charge is 2.73. The van der Waals surface area contributed by atoms with Gasteiger partial charge in [-0.05, 0) is 44.0 Å². The Morgan fingerprint density at radius 2 is 2.13 bits per heavy atom. The van der Waals surface area contributed by atoms with Crippen LogP contribution in [-0.4, -0.2) is 41.0 Å². The van der Waals surface area contributed by atoms with Crippen LogP contribution < -0.4 is 10.1 Å².